The number of rotatable bonds is 4. The first kappa shape index (κ1) is 13.7. The zero-order chi connectivity index (χ0) is 14.7. The average Bonchev–Trinajstić information content (AvgIpc) is 2.54. The van der Waals surface area contributed by atoms with Crippen LogP contribution >= 0.6 is 0 Å². The molecule has 0 saturated carbocycles. The molecule has 106 valence electrons. The van der Waals surface area contributed by atoms with Crippen molar-refractivity contribution in [3.05, 3.63) is 77.4 Å². The van der Waals surface area contributed by atoms with Crippen molar-refractivity contribution in [1.29, 1.82) is 0 Å². The van der Waals surface area contributed by atoms with Crippen molar-refractivity contribution in [3.63, 3.8) is 0 Å². The third-order valence-electron chi connectivity index (χ3n) is 4.12. The summed E-state index contributed by atoms with van der Waals surface area (Å²) in [4.78, 5) is 0. The Morgan fingerprint density at radius 3 is 2.14 bits per heavy atom. The van der Waals surface area contributed by atoms with Crippen molar-refractivity contribution in [2.24, 2.45) is 0 Å². The predicted octanol–water partition coefficient (Wildman–Crippen LogP) is 4.94. The molecule has 21 heavy (non-hydrogen) atoms. The highest BCUT2D eigenvalue weighted by Gasteiger charge is 2.06. The number of hydrogen-bond donors (Lipinski definition) is 0. The Bertz CT molecular complexity index is 759. The Labute approximate surface area is 126 Å². The maximum atomic E-state index is 5.46. The van der Waals surface area contributed by atoms with Gasteiger partial charge in [-0.05, 0) is 47.9 Å². The van der Waals surface area contributed by atoms with Crippen molar-refractivity contribution in [2.45, 2.75) is 19.8 Å². The number of benzene rings is 3. The lowest BCUT2D eigenvalue weighted by atomic mass is 9.96. The van der Waals surface area contributed by atoms with Gasteiger partial charge in [-0.2, -0.15) is 0 Å². The highest BCUT2D eigenvalue weighted by molar-refractivity contribution is 5.91. The Hall–Kier alpha value is -2.28. The fraction of sp³-hybridized carbons (Fsp3) is 0.200. The molecular formula is C20H20O. The van der Waals surface area contributed by atoms with Gasteiger partial charge in [0.05, 0.1) is 7.11 Å². The fourth-order valence-corrected chi connectivity index (χ4v) is 2.89. The highest BCUT2D eigenvalue weighted by Crippen LogP contribution is 2.29. The van der Waals surface area contributed by atoms with Crippen molar-refractivity contribution in [1.82, 2.24) is 0 Å². The molecule has 0 aliphatic carbocycles. The molecule has 0 unspecified atom stereocenters. The van der Waals surface area contributed by atoms with Gasteiger partial charge in [-0.25, -0.2) is 0 Å². The molecule has 0 N–H and O–H groups in total. The number of ether oxygens (including phenoxy) is 1. The maximum Gasteiger partial charge on any atom is 0.126 e. The first-order valence-electron chi connectivity index (χ1n) is 7.38. The van der Waals surface area contributed by atoms with Gasteiger partial charge < -0.3 is 4.74 Å². The quantitative estimate of drug-likeness (QED) is 0.655. The summed E-state index contributed by atoms with van der Waals surface area (Å²) in [5.41, 5.74) is 4.18. The minimum Gasteiger partial charge on any atom is -0.496 e. The van der Waals surface area contributed by atoms with E-state index in [0.717, 1.165) is 18.6 Å². The molecule has 0 atom stereocenters. The second kappa shape index (κ2) is 6.01. The van der Waals surface area contributed by atoms with Crippen LogP contribution in [0.1, 0.15) is 16.7 Å². The summed E-state index contributed by atoms with van der Waals surface area (Å²) < 4.78 is 5.46. The summed E-state index contributed by atoms with van der Waals surface area (Å²) in [5, 5.41) is 2.49. The second-order valence-corrected chi connectivity index (χ2v) is 5.40. The van der Waals surface area contributed by atoms with Crippen LogP contribution in [-0.4, -0.2) is 7.11 Å². The number of methoxy groups -OCH3 is 1. The van der Waals surface area contributed by atoms with Crippen LogP contribution in [0.5, 0.6) is 5.75 Å². The fourth-order valence-electron chi connectivity index (χ4n) is 2.89. The number of fused-ring (bicyclic) bond motifs is 1. The zero-order valence-electron chi connectivity index (χ0n) is 12.6. The van der Waals surface area contributed by atoms with E-state index in [4.69, 9.17) is 4.74 Å². The average molecular weight is 276 g/mol. The van der Waals surface area contributed by atoms with Gasteiger partial charge in [-0.15, -0.1) is 0 Å². The van der Waals surface area contributed by atoms with Crippen molar-refractivity contribution >= 4 is 10.8 Å². The second-order valence-electron chi connectivity index (χ2n) is 5.40. The lowest BCUT2D eigenvalue weighted by Gasteiger charge is -2.11. The molecule has 0 amide bonds. The molecular weight excluding hydrogens is 256 g/mol. The van der Waals surface area contributed by atoms with Gasteiger partial charge in [0.2, 0.25) is 0 Å². The SMILES string of the molecule is COc1ccc(CCc2ccccc2C)c2ccccc12. The van der Waals surface area contributed by atoms with Gasteiger partial charge in [0.1, 0.15) is 5.75 Å². The van der Waals surface area contributed by atoms with E-state index in [2.05, 4.69) is 67.6 Å². The summed E-state index contributed by atoms with van der Waals surface area (Å²) in [6, 6.07) is 21.4. The van der Waals surface area contributed by atoms with Crippen LogP contribution in [0.25, 0.3) is 10.8 Å². The van der Waals surface area contributed by atoms with E-state index in [1.54, 1.807) is 7.11 Å². The van der Waals surface area contributed by atoms with Gasteiger partial charge in [-0.1, -0.05) is 54.6 Å². The van der Waals surface area contributed by atoms with Gasteiger partial charge in [0, 0.05) is 5.39 Å². The predicted molar refractivity (Wildman–Crippen MR) is 89.1 cm³/mol. The highest BCUT2D eigenvalue weighted by atomic mass is 16.5. The van der Waals surface area contributed by atoms with E-state index in [1.165, 1.54) is 27.5 Å². The first-order valence-corrected chi connectivity index (χ1v) is 7.38. The molecule has 3 aromatic rings. The van der Waals surface area contributed by atoms with E-state index in [-0.39, 0.29) is 0 Å². The third-order valence-corrected chi connectivity index (χ3v) is 4.12. The molecule has 3 aromatic carbocycles. The lowest BCUT2D eigenvalue weighted by molar-refractivity contribution is 0.419. The van der Waals surface area contributed by atoms with E-state index < -0.39 is 0 Å². The van der Waals surface area contributed by atoms with Crippen LogP contribution in [0.3, 0.4) is 0 Å². The molecule has 0 aliphatic heterocycles. The van der Waals surface area contributed by atoms with Crippen molar-refractivity contribution in [2.75, 3.05) is 7.11 Å². The topological polar surface area (TPSA) is 9.23 Å². The third kappa shape index (κ3) is 2.78. The molecule has 1 heteroatoms. The summed E-state index contributed by atoms with van der Waals surface area (Å²) in [6.45, 7) is 2.18. The largest absolute Gasteiger partial charge is 0.496 e. The first-order chi connectivity index (χ1) is 10.3. The van der Waals surface area contributed by atoms with Crippen molar-refractivity contribution < 1.29 is 4.74 Å². The van der Waals surface area contributed by atoms with E-state index in [9.17, 15) is 0 Å². The number of hydrogen-bond acceptors (Lipinski definition) is 1. The van der Waals surface area contributed by atoms with Crippen LogP contribution < -0.4 is 4.74 Å². The molecule has 0 aromatic heterocycles. The molecule has 3 rings (SSSR count). The Morgan fingerprint density at radius 1 is 0.714 bits per heavy atom. The minimum absolute atomic E-state index is 0.949. The Kier molecular flexibility index (Phi) is 3.92. The molecule has 0 radical (unpaired) electrons. The molecule has 0 aliphatic rings. The van der Waals surface area contributed by atoms with E-state index in [1.807, 2.05) is 0 Å². The Balaban J connectivity index is 1.93. The molecule has 1 nitrogen and oxygen atoms in total. The van der Waals surface area contributed by atoms with Crippen molar-refractivity contribution in [3.8, 4) is 5.75 Å². The maximum absolute atomic E-state index is 5.46. The van der Waals surface area contributed by atoms with Crippen LogP contribution in [0.2, 0.25) is 0 Å². The lowest BCUT2D eigenvalue weighted by Crippen LogP contribution is -1.96. The Morgan fingerprint density at radius 2 is 1.38 bits per heavy atom. The normalized spacial score (nSPS) is 10.8. The zero-order valence-corrected chi connectivity index (χ0v) is 12.6. The standard InChI is InChI=1S/C20H20O/c1-15-7-3-4-8-16(15)11-12-17-13-14-20(21-2)19-10-6-5-9-18(17)19/h3-10,13-14H,11-12H2,1-2H3. The van der Waals surface area contributed by atoms with Crippen LogP contribution in [0, 0.1) is 6.92 Å². The van der Waals surface area contributed by atoms with Gasteiger partial charge in [0.25, 0.3) is 0 Å². The smallest absolute Gasteiger partial charge is 0.126 e. The molecule has 0 heterocycles. The monoisotopic (exact) mass is 276 g/mol. The van der Waals surface area contributed by atoms with Crippen LogP contribution in [0.15, 0.2) is 60.7 Å². The summed E-state index contributed by atoms with van der Waals surface area (Å²) in [5.74, 6) is 0.949. The molecule has 0 saturated heterocycles. The molecule has 0 bridgehead atoms. The van der Waals surface area contributed by atoms with Crippen LogP contribution in [-0.2, 0) is 12.8 Å². The van der Waals surface area contributed by atoms with Crippen LogP contribution in [0.4, 0.5) is 0 Å². The van der Waals surface area contributed by atoms with Gasteiger partial charge >= 0.3 is 0 Å². The molecule has 0 spiro atoms. The van der Waals surface area contributed by atoms with E-state index in [0.29, 0.717) is 0 Å². The van der Waals surface area contributed by atoms with E-state index >= 15 is 0 Å². The molecule has 0 fully saturated rings. The van der Waals surface area contributed by atoms with Gasteiger partial charge in [-0.3, -0.25) is 0 Å². The summed E-state index contributed by atoms with van der Waals surface area (Å²) in [7, 11) is 1.73. The number of aryl methyl sites for hydroxylation is 3. The summed E-state index contributed by atoms with van der Waals surface area (Å²) in [6.07, 6.45) is 2.12. The van der Waals surface area contributed by atoms with Gasteiger partial charge in [0.15, 0.2) is 0 Å². The summed E-state index contributed by atoms with van der Waals surface area (Å²) >= 11 is 0. The minimum atomic E-state index is 0.949.